The van der Waals surface area contributed by atoms with Crippen molar-refractivity contribution in [3.8, 4) is 6.07 Å². The molecule has 0 atom stereocenters. The third-order valence-corrected chi connectivity index (χ3v) is 4.37. The zero-order valence-corrected chi connectivity index (χ0v) is 7.37. The van der Waals surface area contributed by atoms with Gasteiger partial charge in [0.15, 0.2) is 0 Å². The zero-order valence-electron chi connectivity index (χ0n) is 5.74. The minimum atomic E-state index is -1.22. The van der Waals surface area contributed by atoms with Gasteiger partial charge in [-0.3, -0.25) is 0 Å². The summed E-state index contributed by atoms with van der Waals surface area (Å²) in [7, 11) is 0. The Hall–Kier alpha value is -0.340. The van der Waals surface area contributed by atoms with Gasteiger partial charge in [0, 0.05) is 0 Å². The van der Waals surface area contributed by atoms with E-state index < -0.39 is 10.0 Å². The number of carbonyl (C=O) groups is 1. The van der Waals surface area contributed by atoms with Crippen molar-refractivity contribution < 1.29 is 9.90 Å². The van der Waals surface area contributed by atoms with E-state index in [4.69, 9.17) is 10.4 Å². The van der Waals surface area contributed by atoms with Crippen LogP contribution in [0, 0.1) is 11.3 Å². The van der Waals surface area contributed by atoms with Crippen LogP contribution >= 0.6 is 23.5 Å². The van der Waals surface area contributed by atoms with Crippen LogP contribution in [0.4, 0.5) is 0 Å². The number of hydrogen-bond donors (Lipinski definition) is 1. The van der Waals surface area contributed by atoms with Crippen LogP contribution in [-0.4, -0.2) is 26.7 Å². The normalized spacial score (nSPS) is 22.1. The Morgan fingerprint density at radius 1 is 1.55 bits per heavy atom. The average molecular weight is 189 g/mol. The molecule has 0 radical (unpaired) electrons. The highest BCUT2D eigenvalue weighted by molar-refractivity contribution is 8.20. The van der Waals surface area contributed by atoms with E-state index in [1.54, 1.807) is 0 Å². The van der Waals surface area contributed by atoms with Gasteiger partial charge in [0.25, 0.3) is 0 Å². The number of aliphatic carboxylic acids is 1. The zero-order chi connectivity index (χ0) is 8.32. The summed E-state index contributed by atoms with van der Waals surface area (Å²) in [6.07, 6.45) is 0.992. The van der Waals surface area contributed by atoms with Crippen LogP contribution < -0.4 is 0 Å². The fourth-order valence-corrected chi connectivity index (χ4v) is 3.31. The van der Waals surface area contributed by atoms with Gasteiger partial charge in [0.05, 0.1) is 0 Å². The molecule has 0 amide bonds. The van der Waals surface area contributed by atoms with Gasteiger partial charge in [0.2, 0.25) is 4.08 Å². The molecule has 60 valence electrons. The van der Waals surface area contributed by atoms with Crippen LogP contribution in [0.2, 0.25) is 0 Å². The molecule has 1 aliphatic heterocycles. The summed E-state index contributed by atoms with van der Waals surface area (Å²) in [6, 6.07) is 1.84. The number of carboxylic acids is 1. The molecule has 0 aromatic carbocycles. The van der Waals surface area contributed by atoms with E-state index in [2.05, 4.69) is 0 Å². The van der Waals surface area contributed by atoms with Crippen molar-refractivity contribution in [1.82, 2.24) is 0 Å². The highest BCUT2D eigenvalue weighted by Crippen LogP contribution is 2.41. The molecule has 0 spiro atoms. The summed E-state index contributed by atoms with van der Waals surface area (Å²) in [5.41, 5.74) is 0. The smallest absolute Gasteiger partial charge is 0.345 e. The summed E-state index contributed by atoms with van der Waals surface area (Å²) < 4.78 is -1.22. The second kappa shape index (κ2) is 3.37. The van der Waals surface area contributed by atoms with Gasteiger partial charge < -0.3 is 5.11 Å². The van der Waals surface area contributed by atoms with E-state index in [0.717, 1.165) is 17.9 Å². The first-order chi connectivity index (χ1) is 5.21. The predicted octanol–water partition coefficient (Wildman–Crippen LogP) is 1.16. The Morgan fingerprint density at radius 3 is 2.36 bits per heavy atom. The second-order valence-corrected chi connectivity index (χ2v) is 4.96. The lowest BCUT2D eigenvalue weighted by Crippen LogP contribution is -2.32. The SMILES string of the molecule is N#CC1(C(=O)O)SCCCS1. The number of nitrogens with zero attached hydrogens (tertiary/aromatic N) is 1. The molecule has 3 nitrogen and oxygen atoms in total. The first kappa shape index (κ1) is 8.75. The minimum absolute atomic E-state index is 0.771. The average Bonchev–Trinajstić information content (AvgIpc) is 2.05. The van der Waals surface area contributed by atoms with E-state index in [0.29, 0.717) is 0 Å². The van der Waals surface area contributed by atoms with Crippen molar-refractivity contribution in [3.63, 3.8) is 0 Å². The maximum Gasteiger partial charge on any atom is 0.345 e. The fraction of sp³-hybridized carbons (Fsp3) is 0.667. The number of hydrogen-bond acceptors (Lipinski definition) is 4. The third-order valence-electron chi connectivity index (χ3n) is 1.33. The van der Waals surface area contributed by atoms with Gasteiger partial charge in [-0.05, 0) is 17.9 Å². The monoisotopic (exact) mass is 189 g/mol. The highest BCUT2D eigenvalue weighted by atomic mass is 32.2. The molecule has 0 saturated carbocycles. The molecular weight excluding hydrogens is 182 g/mol. The molecule has 1 aliphatic rings. The molecule has 0 bridgehead atoms. The first-order valence-corrected chi connectivity index (χ1v) is 5.11. The van der Waals surface area contributed by atoms with Crippen LogP contribution in [0.1, 0.15) is 6.42 Å². The Balaban J connectivity index is 2.75. The maximum atomic E-state index is 10.6. The topological polar surface area (TPSA) is 61.1 Å². The molecule has 1 rings (SSSR count). The van der Waals surface area contributed by atoms with Crippen molar-refractivity contribution in [2.45, 2.75) is 10.5 Å². The summed E-state index contributed by atoms with van der Waals surface area (Å²) in [4.78, 5) is 10.6. The molecule has 1 saturated heterocycles. The van der Waals surface area contributed by atoms with Crippen molar-refractivity contribution in [1.29, 1.82) is 5.26 Å². The van der Waals surface area contributed by atoms with Gasteiger partial charge >= 0.3 is 5.97 Å². The number of carboxylic acid groups (broad SMARTS) is 1. The summed E-state index contributed by atoms with van der Waals surface area (Å²) in [5.74, 6) is 0.523. The molecule has 5 heteroatoms. The van der Waals surface area contributed by atoms with E-state index in [1.165, 1.54) is 23.5 Å². The molecule has 0 aromatic rings. The van der Waals surface area contributed by atoms with Crippen molar-refractivity contribution in [2.75, 3.05) is 11.5 Å². The number of rotatable bonds is 1. The molecule has 11 heavy (non-hydrogen) atoms. The maximum absolute atomic E-state index is 10.6. The van der Waals surface area contributed by atoms with Gasteiger partial charge in [-0.25, -0.2) is 4.79 Å². The summed E-state index contributed by atoms with van der Waals surface area (Å²) in [6.45, 7) is 0. The van der Waals surface area contributed by atoms with Crippen molar-refractivity contribution in [2.24, 2.45) is 0 Å². The third kappa shape index (κ3) is 1.63. The lowest BCUT2D eigenvalue weighted by molar-refractivity contribution is -0.136. The number of thioether (sulfide) groups is 2. The molecule has 1 heterocycles. The number of nitriles is 1. The van der Waals surface area contributed by atoms with Crippen molar-refractivity contribution >= 4 is 29.5 Å². The van der Waals surface area contributed by atoms with Gasteiger partial charge in [-0.1, -0.05) is 0 Å². The van der Waals surface area contributed by atoms with E-state index in [9.17, 15) is 4.79 Å². The van der Waals surface area contributed by atoms with Gasteiger partial charge in [-0.15, -0.1) is 23.5 Å². The summed E-state index contributed by atoms with van der Waals surface area (Å²) in [5, 5.41) is 17.4. The second-order valence-electron chi connectivity index (χ2n) is 2.08. The van der Waals surface area contributed by atoms with Gasteiger partial charge in [-0.2, -0.15) is 5.26 Å². The lowest BCUT2D eigenvalue weighted by Gasteiger charge is -2.24. The van der Waals surface area contributed by atoms with Crippen LogP contribution in [-0.2, 0) is 4.79 Å². The van der Waals surface area contributed by atoms with Gasteiger partial charge in [0.1, 0.15) is 6.07 Å². The molecule has 1 fully saturated rings. The fourth-order valence-electron chi connectivity index (χ4n) is 0.768. The Kier molecular flexibility index (Phi) is 2.68. The van der Waals surface area contributed by atoms with Crippen molar-refractivity contribution in [3.05, 3.63) is 0 Å². The molecule has 0 aromatic heterocycles. The van der Waals surface area contributed by atoms with Crippen LogP contribution in [0.5, 0.6) is 0 Å². The van der Waals surface area contributed by atoms with E-state index in [1.807, 2.05) is 6.07 Å². The Bertz CT molecular complexity index is 205. The van der Waals surface area contributed by atoms with Crippen LogP contribution in [0.25, 0.3) is 0 Å². The van der Waals surface area contributed by atoms with E-state index in [-0.39, 0.29) is 0 Å². The quantitative estimate of drug-likeness (QED) is 0.670. The Morgan fingerprint density at radius 2 is 2.09 bits per heavy atom. The molecule has 1 N–H and O–H groups in total. The summed E-state index contributed by atoms with van der Waals surface area (Å²) >= 11 is 2.44. The molecule has 0 aliphatic carbocycles. The first-order valence-electron chi connectivity index (χ1n) is 3.14. The molecular formula is C6H7NO2S2. The standard InChI is InChI=1S/C6H7NO2S2/c7-4-6(5(8)9)10-2-1-3-11-6/h1-3H2,(H,8,9). The highest BCUT2D eigenvalue weighted by Gasteiger charge is 2.41. The largest absolute Gasteiger partial charge is 0.479 e. The van der Waals surface area contributed by atoms with E-state index >= 15 is 0 Å². The molecule has 0 unspecified atom stereocenters. The van der Waals surface area contributed by atoms with Crippen LogP contribution in [0.15, 0.2) is 0 Å². The Labute approximate surface area is 73.2 Å². The lowest BCUT2D eigenvalue weighted by atomic mass is 10.4. The van der Waals surface area contributed by atoms with Crippen LogP contribution in [0.3, 0.4) is 0 Å². The predicted molar refractivity (Wildman–Crippen MR) is 45.5 cm³/mol. The minimum Gasteiger partial charge on any atom is -0.479 e.